The zero-order valence-corrected chi connectivity index (χ0v) is 12.6. The second-order valence-electron chi connectivity index (χ2n) is 4.76. The van der Waals surface area contributed by atoms with Gasteiger partial charge in [0, 0.05) is 19.4 Å². The van der Waals surface area contributed by atoms with Crippen molar-refractivity contribution in [3.63, 3.8) is 0 Å². The molecule has 0 saturated heterocycles. The van der Waals surface area contributed by atoms with E-state index in [1.807, 2.05) is 6.92 Å². The smallest absolute Gasteiger partial charge is 0.333 e. The van der Waals surface area contributed by atoms with Crippen LogP contribution in [0.5, 0.6) is 0 Å². The maximum absolute atomic E-state index is 11.6. The van der Waals surface area contributed by atoms with Gasteiger partial charge in [-0.3, -0.25) is 9.59 Å². The molecule has 0 heterocycles. The van der Waals surface area contributed by atoms with E-state index in [9.17, 15) is 14.4 Å². The lowest BCUT2D eigenvalue weighted by Crippen LogP contribution is -2.49. The van der Waals surface area contributed by atoms with Crippen LogP contribution < -0.4 is 10.6 Å². The zero-order chi connectivity index (χ0) is 15.7. The minimum absolute atomic E-state index is 0.152. The summed E-state index contributed by atoms with van der Waals surface area (Å²) in [5.41, 5.74) is 0.274. The fourth-order valence-corrected chi connectivity index (χ4v) is 1.67. The quantitative estimate of drug-likeness (QED) is 0.512. The summed E-state index contributed by atoms with van der Waals surface area (Å²) < 4.78 is 5.31. The summed E-state index contributed by atoms with van der Waals surface area (Å²) in [5, 5.41) is 5.36. The van der Waals surface area contributed by atoms with E-state index in [0.29, 0.717) is 6.42 Å². The molecule has 0 aliphatic rings. The number of nitrogens with one attached hydrogen (secondary N) is 2. The largest absolute Gasteiger partial charge is 0.455 e. The molecule has 0 aromatic carbocycles. The first-order valence-corrected chi connectivity index (χ1v) is 6.65. The van der Waals surface area contributed by atoms with Crippen molar-refractivity contribution in [2.75, 3.05) is 6.54 Å². The Morgan fingerprint density at radius 3 is 2.15 bits per heavy atom. The minimum atomic E-state index is -0.619. The molecule has 114 valence electrons. The molecule has 0 aromatic heterocycles. The van der Waals surface area contributed by atoms with Gasteiger partial charge in [-0.25, -0.2) is 4.79 Å². The molecule has 0 aliphatic heterocycles. The molecule has 0 aromatic rings. The molecule has 6 nitrogen and oxygen atoms in total. The van der Waals surface area contributed by atoms with Crippen molar-refractivity contribution in [1.82, 2.24) is 10.6 Å². The van der Waals surface area contributed by atoms with Gasteiger partial charge in [0.25, 0.3) is 0 Å². The number of amides is 2. The van der Waals surface area contributed by atoms with Crippen LogP contribution >= 0.6 is 0 Å². The van der Waals surface area contributed by atoms with Crippen molar-refractivity contribution in [3.8, 4) is 0 Å². The molecule has 2 unspecified atom stereocenters. The summed E-state index contributed by atoms with van der Waals surface area (Å²) in [6.45, 7) is 9.96. The molecule has 0 saturated carbocycles. The van der Waals surface area contributed by atoms with Gasteiger partial charge < -0.3 is 15.4 Å². The van der Waals surface area contributed by atoms with Crippen LogP contribution in [-0.4, -0.2) is 36.5 Å². The third kappa shape index (κ3) is 7.56. The van der Waals surface area contributed by atoms with Gasteiger partial charge in [0.15, 0.2) is 0 Å². The van der Waals surface area contributed by atoms with E-state index in [0.717, 1.165) is 6.42 Å². The van der Waals surface area contributed by atoms with Crippen molar-refractivity contribution in [2.24, 2.45) is 0 Å². The van der Waals surface area contributed by atoms with E-state index in [-0.39, 0.29) is 30.0 Å². The maximum Gasteiger partial charge on any atom is 0.333 e. The van der Waals surface area contributed by atoms with Crippen LogP contribution in [0.2, 0.25) is 0 Å². The Hall–Kier alpha value is -1.85. The highest BCUT2D eigenvalue weighted by Crippen LogP contribution is 2.09. The normalized spacial score (nSPS) is 13.0. The van der Waals surface area contributed by atoms with Crippen LogP contribution in [0.25, 0.3) is 0 Å². The van der Waals surface area contributed by atoms with E-state index < -0.39 is 12.1 Å². The molecule has 0 spiro atoms. The van der Waals surface area contributed by atoms with Gasteiger partial charge in [-0.05, 0) is 13.3 Å². The van der Waals surface area contributed by atoms with Gasteiger partial charge in [-0.15, -0.1) is 0 Å². The Kier molecular flexibility index (Phi) is 8.27. The van der Waals surface area contributed by atoms with Crippen molar-refractivity contribution < 1.29 is 19.1 Å². The summed E-state index contributed by atoms with van der Waals surface area (Å²) in [6.07, 6.45) is 0.839. The van der Waals surface area contributed by atoms with Gasteiger partial charge in [0.1, 0.15) is 6.10 Å². The lowest BCUT2D eigenvalue weighted by Gasteiger charge is -2.27. The van der Waals surface area contributed by atoms with E-state index in [4.69, 9.17) is 4.74 Å². The number of hydrogen-bond acceptors (Lipinski definition) is 4. The summed E-state index contributed by atoms with van der Waals surface area (Å²) in [4.78, 5) is 33.9. The van der Waals surface area contributed by atoms with Crippen LogP contribution in [0.3, 0.4) is 0 Å². The second kappa shape index (κ2) is 9.12. The first-order chi connectivity index (χ1) is 9.27. The third-order valence-corrected chi connectivity index (χ3v) is 2.60. The van der Waals surface area contributed by atoms with E-state index >= 15 is 0 Å². The molecule has 0 aliphatic carbocycles. The standard InChI is InChI=1S/C14H24N2O4/c1-6-7-12(16-11(5)18)13(8-15-10(4)17)20-14(19)9(2)3/h12-13H,2,6-8H2,1,3-5H3,(H,15,17)(H,16,18). The van der Waals surface area contributed by atoms with Crippen LogP contribution in [0.15, 0.2) is 12.2 Å². The fraction of sp³-hybridized carbons (Fsp3) is 0.643. The first-order valence-electron chi connectivity index (χ1n) is 6.65. The fourth-order valence-electron chi connectivity index (χ4n) is 1.67. The number of carbonyl (C=O) groups is 3. The third-order valence-electron chi connectivity index (χ3n) is 2.60. The molecule has 6 heteroatoms. The molecular weight excluding hydrogens is 260 g/mol. The van der Waals surface area contributed by atoms with Crippen molar-refractivity contribution >= 4 is 17.8 Å². The Morgan fingerprint density at radius 1 is 1.15 bits per heavy atom. The van der Waals surface area contributed by atoms with Gasteiger partial charge in [0.05, 0.1) is 12.6 Å². The molecule has 20 heavy (non-hydrogen) atoms. The van der Waals surface area contributed by atoms with Crippen LogP contribution in [0.1, 0.15) is 40.5 Å². The van der Waals surface area contributed by atoms with Crippen LogP contribution in [0, 0.1) is 0 Å². The Labute approximate surface area is 119 Å². The van der Waals surface area contributed by atoms with Crippen molar-refractivity contribution in [3.05, 3.63) is 12.2 Å². The molecule has 0 radical (unpaired) electrons. The molecule has 0 fully saturated rings. The predicted molar refractivity (Wildman–Crippen MR) is 75.9 cm³/mol. The van der Waals surface area contributed by atoms with Gasteiger partial charge in [0.2, 0.25) is 11.8 Å². The Bertz CT molecular complexity index is 379. The number of rotatable bonds is 8. The molecule has 2 amide bonds. The van der Waals surface area contributed by atoms with E-state index in [2.05, 4.69) is 17.2 Å². The number of hydrogen-bond donors (Lipinski definition) is 2. The average Bonchev–Trinajstić information content (AvgIpc) is 2.32. The number of ether oxygens (including phenoxy) is 1. The average molecular weight is 284 g/mol. The topological polar surface area (TPSA) is 84.5 Å². The molecule has 0 rings (SSSR count). The van der Waals surface area contributed by atoms with Crippen LogP contribution in [0.4, 0.5) is 0 Å². The lowest BCUT2D eigenvalue weighted by molar-refractivity contribution is -0.147. The van der Waals surface area contributed by atoms with Gasteiger partial charge in [-0.2, -0.15) is 0 Å². The zero-order valence-electron chi connectivity index (χ0n) is 12.6. The van der Waals surface area contributed by atoms with Crippen LogP contribution in [-0.2, 0) is 19.1 Å². The summed E-state index contributed by atoms with van der Waals surface area (Å²) in [7, 11) is 0. The minimum Gasteiger partial charge on any atom is -0.455 e. The van der Waals surface area contributed by atoms with E-state index in [1.54, 1.807) is 6.92 Å². The highest BCUT2D eigenvalue weighted by atomic mass is 16.5. The molecule has 0 bridgehead atoms. The monoisotopic (exact) mass is 284 g/mol. The summed E-state index contributed by atoms with van der Waals surface area (Å²) in [5.74, 6) is -0.964. The Balaban J connectivity index is 4.90. The van der Waals surface area contributed by atoms with Crippen molar-refractivity contribution in [1.29, 1.82) is 0 Å². The second-order valence-corrected chi connectivity index (χ2v) is 4.76. The summed E-state index contributed by atoms with van der Waals surface area (Å²) >= 11 is 0. The number of carbonyl (C=O) groups excluding carboxylic acids is 3. The lowest BCUT2D eigenvalue weighted by atomic mass is 10.1. The highest BCUT2D eigenvalue weighted by Gasteiger charge is 2.26. The van der Waals surface area contributed by atoms with Gasteiger partial charge in [-0.1, -0.05) is 19.9 Å². The first kappa shape index (κ1) is 18.1. The highest BCUT2D eigenvalue weighted by molar-refractivity contribution is 5.87. The van der Waals surface area contributed by atoms with E-state index in [1.165, 1.54) is 13.8 Å². The molecule has 2 atom stereocenters. The molecule has 2 N–H and O–H groups in total. The SMILES string of the molecule is C=C(C)C(=O)OC(CNC(C)=O)C(CCC)NC(C)=O. The van der Waals surface area contributed by atoms with Gasteiger partial charge >= 0.3 is 5.97 Å². The molecular formula is C14H24N2O4. The Morgan fingerprint density at radius 2 is 1.75 bits per heavy atom. The maximum atomic E-state index is 11.6. The predicted octanol–water partition coefficient (Wildman–Crippen LogP) is 0.915. The van der Waals surface area contributed by atoms with Crippen molar-refractivity contribution in [2.45, 2.75) is 52.7 Å². The summed E-state index contributed by atoms with van der Waals surface area (Å²) in [6, 6.07) is -0.340. The number of esters is 1.